The number of carbonyl (C=O) groups excluding carboxylic acids is 2. The molecule has 0 aliphatic heterocycles. The van der Waals surface area contributed by atoms with Crippen LogP contribution in [0.2, 0.25) is 0 Å². The van der Waals surface area contributed by atoms with Crippen molar-refractivity contribution >= 4 is 11.8 Å². The zero-order valence-electron chi connectivity index (χ0n) is 10.5. The molecule has 98 valence electrons. The third kappa shape index (κ3) is 3.85. The molecule has 0 radical (unpaired) electrons. The highest BCUT2D eigenvalue weighted by molar-refractivity contribution is 5.92. The summed E-state index contributed by atoms with van der Waals surface area (Å²) < 4.78 is 0. The van der Waals surface area contributed by atoms with Gasteiger partial charge in [0.25, 0.3) is 0 Å². The molecule has 0 bridgehead atoms. The minimum atomic E-state index is -0.475. The fourth-order valence-corrected chi connectivity index (χ4v) is 1.63. The summed E-state index contributed by atoms with van der Waals surface area (Å²) in [5.74, 6) is -0.703. The second-order valence-electron chi connectivity index (χ2n) is 4.12. The van der Waals surface area contributed by atoms with Crippen LogP contribution in [0.25, 0.3) is 0 Å². The van der Waals surface area contributed by atoms with Crippen molar-refractivity contribution < 1.29 is 9.59 Å². The molecule has 0 fully saturated rings. The van der Waals surface area contributed by atoms with Crippen LogP contribution < -0.4 is 16.8 Å². The quantitative estimate of drug-likeness (QED) is 0.680. The van der Waals surface area contributed by atoms with E-state index >= 15 is 0 Å². The normalized spacial score (nSPS) is 11.9. The minimum Gasteiger partial charge on any atom is -0.366 e. The zero-order chi connectivity index (χ0) is 13.5. The van der Waals surface area contributed by atoms with Crippen molar-refractivity contribution in [3.8, 4) is 0 Å². The number of hydrogen-bond acceptors (Lipinski definition) is 3. The molecule has 0 spiro atoms. The van der Waals surface area contributed by atoms with Crippen molar-refractivity contribution in [2.45, 2.75) is 19.9 Å². The molecule has 1 atom stereocenters. The lowest BCUT2D eigenvalue weighted by molar-refractivity contribution is -0.124. The standard InChI is InChI=1S/C13H19N3O2/c1-2-10(7-14)13(18)16-8-9-4-3-5-11(6-9)12(15)17/h3-6,10H,2,7-8,14H2,1H3,(H2,15,17)(H,16,18). The molecule has 1 aromatic rings. The maximum absolute atomic E-state index is 11.7. The van der Waals surface area contributed by atoms with Gasteiger partial charge in [-0.05, 0) is 24.1 Å². The molecule has 1 rings (SSSR count). The Balaban J connectivity index is 2.61. The van der Waals surface area contributed by atoms with E-state index in [4.69, 9.17) is 11.5 Å². The molecular weight excluding hydrogens is 230 g/mol. The maximum atomic E-state index is 11.7. The average molecular weight is 249 g/mol. The molecule has 0 aliphatic rings. The lowest BCUT2D eigenvalue weighted by Gasteiger charge is -2.12. The third-order valence-corrected chi connectivity index (χ3v) is 2.83. The monoisotopic (exact) mass is 249 g/mol. The van der Waals surface area contributed by atoms with Crippen LogP contribution in [0.3, 0.4) is 0 Å². The van der Waals surface area contributed by atoms with E-state index in [0.717, 1.165) is 5.56 Å². The first kappa shape index (κ1) is 14.2. The van der Waals surface area contributed by atoms with Gasteiger partial charge in [-0.1, -0.05) is 19.1 Å². The molecule has 0 aliphatic carbocycles. The van der Waals surface area contributed by atoms with Crippen LogP contribution in [0.15, 0.2) is 24.3 Å². The minimum absolute atomic E-state index is 0.0653. The Labute approximate surface area is 107 Å². The molecule has 2 amide bonds. The van der Waals surface area contributed by atoms with Crippen LogP contribution in [0, 0.1) is 5.92 Å². The SMILES string of the molecule is CCC(CN)C(=O)NCc1cccc(C(N)=O)c1. The predicted molar refractivity (Wildman–Crippen MR) is 69.6 cm³/mol. The Bertz CT molecular complexity index is 428. The van der Waals surface area contributed by atoms with Gasteiger partial charge in [-0.3, -0.25) is 9.59 Å². The molecule has 5 N–H and O–H groups in total. The Morgan fingerprint density at radius 2 is 2.11 bits per heavy atom. The van der Waals surface area contributed by atoms with Gasteiger partial charge < -0.3 is 16.8 Å². The second-order valence-corrected chi connectivity index (χ2v) is 4.12. The van der Waals surface area contributed by atoms with Crippen LogP contribution >= 0.6 is 0 Å². The van der Waals surface area contributed by atoms with E-state index in [1.165, 1.54) is 0 Å². The Morgan fingerprint density at radius 3 is 2.67 bits per heavy atom. The number of carbonyl (C=O) groups is 2. The molecule has 0 saturated carbocycles. The fourth-order valence-electron chi connectivity index (χ4n) is 1.63. The largest absolute Gasteiger partial charge is 0.366 e. The van der Waals surface area contributed by atoms with Gasteiger partial charge in [0.2, 0.25) is 11.8 Å². The summed E-state index contributed by atoms with van der Waals surface area (Å²) in [6.45, 7) is 2.63. The van der Waals surface area contributed by atoms with Crippen molar-refractivity contribution in [1.29, 1.82) is 0 Å². The van der Waals surface area contributed by atoms with Gasteiger partial charge in [0.1, 0.15) is 0 Å². The first-order chi connectivity index (χ1) is 8.58. The molecule has 0 heterocycles. The summed E-state index contributed by atoms with van der Waals surface area (Å²) in [5.41, 5.74) is 12.0. The van der Waals surface area contributed by atoms with Crippen LogP contribution in [-0.4, -0.2) is 18.4 Å². The third-order valence-electron chi connectivity index (χ3n) is 2.83. The number of amides is 2. The van der Waals surface area contributed by atoms with E-state index in [2.05, 4.69) is 5.32 Å². The van der Waals surface area contributed by atoms with E-state index < -0.39 is 5.91 Å². The van der Waals surface area contributed by atoms with E-state index in [-0.39, 0.29) is 11.8 Å². The van der Waals surface area contributed by atoms with E-state index in [1.54, 1.807) is 18.2 Å². The van der Waals surface area contributed by atoms with Gasteiger partial charge in [-0.2, -0.15) is 0 Å². The first-order valence-electron chi connectivity index (χ1n) is 5.95. The van der Waals surface area contributed by atoms with Crippen molar-refractivity contribution in [2.75, 3.05) is 6.54 Å². The van der Waals surface area contributed by atoms with Crippen molar-refractivity contribution in [3.05, 3.63) is 35.4 Å². The Kier molecular flexibility index (Phi) is 5.32. The lowest BCUT2D eigenvalue weighted by Crippen LogP contribution is -2.34. The number of hydrogen-bond donors (Lipinski definition) is 3. The van der Waals surface area contributed by atoms with Gasteiger partial charge in [-0.25, -0.2) is 0 Å². The molecule has 5 heteroatoms. The van der Waals surface area contributed by atoms with E-state index in [9.17, 15) is 9.59 Å². The maximum Gasteiger partial charge on any atom is 0.248 e. The topological polar surface area (TPSA) is 98.2 Å². The van der Waals surface area contributed by atoms with Gasteiger partial charge in [0.05, 0.1) is 0 Å². The average Bonchev–Trinajstić information content (AvgIpc) is 2.38. The second kappa shape index (κ2) is 6.76. The van der Waals surface area contributed by atoms with Crippen molar-refractivity contribution in [3.63, 3.8) is 0 Å². The zero-order valence-corrected chi connectivity index (χ0v) is 10.5. The number of primary amides is 1. The highest BCUT2D eigenvalue weighted by Crippen LogP contribution is 2.06. The highest BCUT2D eigenvalue weighted by Gasteiger charge is 2.13. The summed E-state index contributed by atoms with van der Waals surface area (Å²) in [6, 6.07) is 6.88. The first-order valence-corrected chi connectivity index (χ1v) is 5.95. The fraction of sp³-hybridized carbons (Fsp3) is 0.385. The van der Waals surface area contributed by atoms with Crippen molar-refractivity contribution in [1.82, 2.24) is 5.32 Å². The molecular formula is C13H19N3O2. The van der Waals surface area contributed by atoms with Gasteiger partial charge in [-0.15, -0.1) is 0 Å². The summed E-state index contributed by atoms with van der Waals surface area (Å²) >= 11 is 0. The van der Waals surface area contributed by atoms with Crippen LogP contribution in [0.4, 0.5) is 0 Å². The molecule has 0 aromatic heterocycles. The van der Waals surface area contributed by atoms with E-state index in [1.807, 2.05) is 13.0 Å². The smallest absolute Gasteiger partial charge is 0.248 e. The van der Waals surface area contributed by atoms with Crippen LogP contribution in [0.1, 0.15) is 29.3 Å². The van der Waals surface area contributed by atoms with Gasteiger partial charge >= 0.3 is 0 Å². The van der Waals surface area contributed by atoms with Crippen LogP contribution in [-0.2, 0) is 11.3 Å². The predicted octanol–water partition coefficient (Wildman–Crippen LogP) is 0.387. The Morgan fingerprint density at radius 1 is 1.39 bits per heavy atom. The lowest BCUT2D eigenvalue weighted by atomic mass is 10.1. The molecule has 1 aromatic carbocycles. The summed E-state index contributed by atoms with van der Waals surface area (Å²) in [6.07, 6.45) is 0.712. The summed E-state index contributed by atoms with van der Waals surface area (Å²) in [7, 11) is 0. The molecule has 0 saturated heterocycles. The molecule has 18 heavy (non-hydrogen) atoms. The number of benzene rings is 1. The summed E-state index contributed by atoms with van der Waals surface area (Å²) in [5, 5.41) is 2.80. The highest BCUT2D eigenvalue weighted by atomic mass is 16.2. The van der Waals surface area contributed by atoms with Gasteiger partial charge in [0.15, 0.2) is 0 Å². The molecule has 5 nitrogen and oxygen atoms in total. The van der Waals surface area contributed by atoms with Crippen molar-refractivity contribution in [2.24, 2.45) is 17.4 Å². The Hall–Kier alpha value is -1.88. The number of nitrogens with one attached hydrogen (secondary N) is 1. The van der Waals surface area contributed by atoms with E-state index in [0.29, 0.717) is 25.1 Å². The van der Waals surface area contributed by atoms with Crippen LogP contribution in [0.5, 0.6) is 0 Å². The molecule has 1 unspecified atom stereocenters. The number of rotatable bonds is 6. The number of nitrogens with two attached hydrogens (primary N) is 2. The summed E-state index contributed by atoms with van der Waals surface area (Å²) in [4.78, 5) is 22.7. The van der Waals surface area contributed by atoms with Gasteiger partial charge in [0, 0.05) is 24.6 Å².